The number of nitrogens with two attached hydrogens (primary N) is 1. The highest BCUT2D eigenvalue weighted by molar-refractivity contribution is 5.30. The Hall–Kier alpha value is -1.14. The Bertz CT molecular complexity index is 414. The van der Waals surface area contributed by atoms with Crippen molar-refractivity contribution in [2.45, 2.75) is 37.6 Å². The molecule has 0 aliphatic carbocycles. The molecule has 1 aromatic carbocycles. The molecule has 5 heteroatoms. The SMILES string of the molecule is CCC(N)C(c1ccc(OC)cc1)N1CC(O)C(O)C1. The zero-order valence-electron chi connectivity index (χ0n) is 12.1. The smallest absolute Gasteiger partial charge is 0.118 e. The van der Waals surface area contributed by atoms with Crippen LogP contribution < -0.4 is 10.5 Å². The molecule has 1 saturated heterocycles. The molecule has 0 amide bonds. The normalized spacial score (nSPS) is 26.4. The molecule has 4 atom stereocenters. The second kappa shape index (κ2) is 6.54. The van der Waals surface area contributed by atoms with E-state index >= 15 is 0 Å². The first-order chi connectivity index (χ1) is 9.56. The predicted octanol–water partition coefficient (Wildman–Crippen LogP) is 0.511. The number of likely N-dealkylation sites (tertiary alicyclic amines) is 1. The number of ether oxygens (including phenoxy) is 1. The summed E-state index contributed by atoms with van der Waals surface area (Å²) >= 11 is 0. The van der Waals surface area contributed by atoms with Crippen LogP contribution in [0.5, 0.6) is 5.75 Å². The van der Waals surface area contributed by atoms with Crippen LogP contribution in [0.4, 0.5) is 0 Å². The number of methoxy groups -OCH3 is 1. The first-order valence-corrected chi connectivity index (χ1v) is 7.06. The summed E-state index contributed by atoms with van der Waals surface area (Å²) in [4.78, 5) is 2.06. The Morgan fingerprint density at radius 3 is 2.25 bits per heavy atom. The van der Waals surface area contributed by atoms with E-state index in [9.17, 15) is 10.2 Å². The highest BCUT2D eigenvalue weighted by Gasteiger charge is 2.36. The van der Waals surface area contributed by atoms with Crippen molar-refractivity contribution in [1.29, 1.82) is 0 Å². The van der Waals surface area contributed by atoms with Gasteiger partial charge in [-0.15, -0.1) is 0 Å². The molecule has 4 unspecified atom stereocenters. The van der Waals surface area contributed by atoms with Crippen LogP contribution in [0, 0.1) is 0 Å². The predicted molar refractivity (Wildman–Crippen MR) is 77.6 cm³/mol. The lowest BCUT2D eigenvalue weighted by Gasteiger charge is -2.32. The van der Waals surface area contributed by atoms with Gasteiger partial charge in [-0.05, 0) is 24.1 Å². The topological polar surface area (TPSA) is 79.0 Å². The lowest BCUT2D eigenvalue weighted by molar-refractivity contribution is 0.0572. The summed E-state index contributed by atoms with van der Waals surface area (Å²) in [6, 6.07) is 7.77. The second-order valence-electron chi connectivity index (χ2n) is 5.38. The van der Waals surface area contributed by atoms with E-state index in [0.717, 1.165) is 17.7 Å². The molecule has 0 spiro atoms. The maximum absolute atomic E-state index is 9.75. The van der Waals surface area contributed by atoms with Crippen LogP contribution in [-0.2, 0) is 0 Å². The number of hydrogen-bond donors (Lipinski definition) is 3. The highest BCUT2D eigenvalue weighted by atomic mass is 16.5. The van der Waals surface area contributed by atoms with Gasteiger partial charge in [-0.1, -0.05) is 19.1 Å². The summed E-state index contributed by atoms with van der Waals surface area (Å²) in [6.07, 6.45) is -0.557. The van der Waals surface area contributed by atoms with Crippen molar-refractivity contribution in [2.75, 3.05) is 20.2 Å². The molecule has 0 saturated carbocycles. The van der Waals surface area contributed by atoms with Gasteiger partial charge in [0.05, 0.1) is 25.4 Å². The third-order valence-corrected chi connectivity index (χ3v) is 4.01. The average molecular weight is 280 g/mol. The van der Waals surface area contributed by atoms with Gasteiger partial charge in [-0.25, -0.2) is 0 Å². The van der Waals surface area contributed by atoms with Crippen LogP contribution in [0.2, 0.25) is 0 Å². The quantitative estimate of drug-likeness (QED) is 0.732. The molecule has 1 heterocycles. The molecular weight excluding hydrogens is 256 g/mol. The monoisotopic (exact) mass is 280 g/mol. The number of aliphatic hydroxyl groups is 2. The number of hydrogen-bond acceptors (Lipinski definition) is 5. The van der Waals surface area contributed by atoms with Crippen molar-refractivity contribution in [3.63, 3.8) is 0 Å². The van der Waals surface area contributed by atoms with E-state index in [2.05, 4.69) is 4.90 Å². The van der Waals surface area contributed by atoms with Gasteiger partial charge in [0.15, 0.2) is 0 Å². The zero-order chi connectivity index (χ0) is 14.7. The van der Waals surface area contributed by atoms with Gasteiger partial charge in [0.1, 0.15) is 5.75 Å². The molecule has 0 radical (unpaired) electrons. The summed E-state index contributed by atoms with van der Waals surface area (Å²) in [5.41, 5.74) is 7.34. The molecule has 112 valence electrons. The first kappa shape index (κ1) is 15.3. The lowest BCUT2D eigenvalue weighted by Crippen LogP contribution is -2.40. The van der Waals surface area contributed by atoms with Gasteiger partial charge in [0, 0.05) is 19.1 Å². The summed E-state index contributed by atoms with van der Waals surface area (Å²) in [7, 11) is 1.64. The van der Waals surface area contributed by atoms with Crippen molar-refractivity contribution < 1.29 is 14.9 Å². The Morgan fingerprint density at radius 1 is 1.25 bits per heavy atom. The number of β-amino-alcohol motifs (C(OH)–C–C–N with tert-alkyl or cyclic N) is 2. The summed E-state index contributed by atoms with van der Waals surface area (Å²) < 4.78 is 5.17. The van der Waals surface area contributed by atoms with Gasteiger partial charge in [-0.2, -0.15) is 0 Å². The van der Waals surface area contributed by atoms with Gasteiger partial charge < -0.3 is 20.7 Å². The molecule has 1 aromatic rings. The third kappa shape index (κ3) is 3.12. The molecule has 1 aliphatic rings. The molecule has 5 nitrogen and oxygen atoms in total. The van der Waals surface area contributed by atoms with Gasteiger partial charge in [-0.3, -0.25) is 4.90 Å². The fraction of sp³-hybridized carbons (Fsp3) is 0.600. The molecule has 0 bridgehead atoms. The maximum atomic E-state index is 9.75. The van der Waals surface area contributed by atoms with E-state index in [1.54, 1.807) is 7.11 Å². The van der Waals surface area contributed by atoms with Crippen molar-refractivity contribution in [1.82, 2.24) is 4.90 Å². The molecule has 4 N–H and O–H groups in total. The van der Waals surface area contributed by atoms with E-state index < -0.39 is 12.2 Å². The fourth-order valence-corrected chi connectivity index (χ4v) is 2.78. The third-order valence-electron chi connectivity index (χ3n) is 4.01. The van der Waals surface area contributed by atoms with E-state index in [0.29, 0.717) is 13.1 Å². The van der Waals surface area contributed by atoms with E-state index in [4.69, 9.17) is 10.5 Å². The molecular formula is C15H24N2O3. The van der Waals surface area contributed by atoms with Crippen LogP contribution in [0.1, 0.15) is 24.9 Å². The lowest BCUT2D eigenvalue weighted by atomic mass is 9.96. The number of rotatable bonds is 5. The first-order valence-electron chi connectivity index (χ1n) is 7.06. The standard InChI is InChI=1S/C15H24N2O3/c1-3-12(16)15(17-8-13(18)14(19)9-17)10-4-6-11(20-2)7-5-10/h4-7,12-15,18-19H,3,8-9,16H2,1-2H3. The van der Waals surface area contributed by atoms with E-state index in [1.807, 2.05) is 31.2 Å². The molecule has 20 heavy (non-hydrogen) atoms. The largest absolute Gasteiger partial charge is 0.497 e. The fourth-order valence-electron chi connectivity index (χ4n) is 2.78. The zero-order valence-corrected chi connectivity index (χ0v) is 12.1. The molecule has 1 aliphatic heterocycles. The second-order valence-corrected chi connectivity index (χ2v) is 5.38. The molecule has 1 fully saturated rings. The molecule has 2 rings (SSSR count). The highest BCUT2D eigenvalue weighted by Crippen LogP contribution is 2.30. The van der Waals surface area contributed by atoms with Crippen LogP contribution in [0.3, 0.4) is 0 Å². The number of nitrogens with zero attached hydrogens (tertiary/aromatic N) is 1. The van der Waals surface area contributed by atoms with Crippen molar-refractivity contribution in [2.24, 2.45) is 5.73 Å². The van der Waals surface area contributed by atoms with Crippen LogP contribution in [0.15, 0.2) is 24.3 Å². The van der Waals surface area contributed by atoms with Crippen molar-refractivity contribution in [3.05, 3.63) is 29.8 Å². The van der Waals surface area contributed by atoms with Crippen molar-refractivity contribution in [3.8, 4) is 5.75 Å². The Balaban J connectivity index is 2.23. The van der Waals surface area contributed by atoms with E-state index in [-0.39, 0.29) is 12.1 Å². The maximum Gasteiger partial charge on any atom is 0.118 e. The summed E-state index contributed by atoms with van der Waals surface area (Å²) in [5, 5.41) is 19.5. The number of aliphatic hydroxyl groups excluding tert-OH is 2. The Morgan fingerprint density at radius 2 is 1.80 bits per heavy atom. The Labute approximate surface area is 120 Å². The van der Waals surface area contributed by atoms with Crippen LogP contribution in [-0.4, -0.2) is 53.6 Å². The van der Waals surface area contributed by atoms with Crippen LogP contribution in [0.25, 0.3) is 0 Å². The minimum absolute atomic E-state index is 0.00212. The van der Waals surface area contributed by atoms with Crippen LogP contribution >= 0.6 is 0 Å². The van der Waals surface area contributed by atoms with Crippen molar-refractivity contribution >= 4 is 0 Å². The summed E-state index contributed by atoms with van der Waals surface area (Å²) in [5.74, 6) is 0.805. The average Bonchev–Trinajstić information content (AvgIpc) is 2.79. The minimum Gasteiger partial charge on any atom is -0.497 e. The van der Waals surface area contributed by atoms with Gasteiger partial charge in [0.2, 0.25) is 0 Å². The van der Waals surface area contributed by atoms with Gasteiger partial charge >= 0.3 is 0 Å². The number of benzene rings is 1. The van der Waals surface area contributed by atoms with E-state index in [1.165, 1.54) is 0 Å². The van der Waals surface area contributed by atoms with Gasteiger partial charge in [0.25, 0.3) is 0 Å². The molecule has 0 aromatic heterocycles. The minimum atomic E-state index is -0.695. The Kier molecular flexibility index (Phi) is 4.99. The summed E-state index contributed by atoms with van der Waals surface area (Å²) in [6.45, 7) is 2.95.